The lowest BCUT2D eigenvalue weighted by Gasteiger charge is -2.09. The zero-order valence-electron chi connectivity index (χ0n) is 15.2. The van der Waals surface area contributed by atoms with E-state index in [1.165, 1.54) is 22.2 Å². The molecule has 0 saturated heterocycles. The van der Waals surface area contributed by atoms with Crippen LogP contribution >= 0.6 is 0 Å². The normalized spacial score (nSPS) is 10.6. The average Bonchev–Trinajstić information content (AvgIpc) is 3.26. The van der Waals surface area contributed by atoms with Crippen molar-refractivity contribution in [1.82, 2.24) is 9.97 Å². The van der Waals surface area contributed by atoms with Gasteiger partial charge in [-0.1, -0.05) is 54.4 Å². The minimum absolute atomic E-state index is 0.901. The van der Waals surface area contributed by atoms with Crippen molar-refractivity contribution in [3.8, 4) is 16.9 Å². The van der Waals surface area contributed by atoms with Crippen LogP contribution in [0, 0.1) is 0 Å². The van der Waals surface area contributed by atoms with Gasteiger partial charge in [0.25, 0.3) is 0 Å². The predicted molar refractivity (Wildman–Crippen MR) is 108 cm³/mol. The Balaban J connectivity index is 0.000000386. The van der Waals surface area contributed by atoms with Gasteiger partial charge in [-0.2, -0.15) is 0 Å². The summed E-state index contributed by atoms with van der Waals surface area (Å²) in [6.45, 7) is 4.38. The highest BCUT2D eigenvalue weighted by Gasteiger charge is 2.05. The number of hydrogen-bond donors (Lipinski definition) is 1. The molecule has 25 heavy (non-hydrogen) atoms. The number of hydrogen-bond acceptors (Lipinski definition) is 2. The maximum atomic E-state index is 5.32. The summed E-state index contributed by atoms with van der Waals surface area (Å²) in [7, 11) is 2.69. The van der Waals surface area contributed by atoms with E-state index in [0.717, 1.165) is 19.4 Å². The number of nitrogens with one attached hydrogen (secondary N) is 1. The topological polar surface area (TPSA) is 37.9 Å². The molecule has 0 atom stereocenters. The van der Waals surface area contributed by atoms with E-state index in [1.54, 1.807) is 25.8 Å². The van der Waals surface area contributed by atoms with E-state index in [-0.39, 0.29) is 0 Å². The smallest absolute Gasteiger partial charge is 0.183 e. The molecule has 1 aromatic heterocycles. The SMILES string of the molecule is CCC(C)=CBc1ccccc1-c1cccc(OC)c1.c1c[nH]cn1. The number of ether oxygens (including phenoxy) is 1. The van der Waals surface area contributed by atoms with Gasteiger partial charge in [0.05, 0.1) is 13.4 Å². The van der Waals surface area contributed by atoms with E-state index < -0.39 is 0 Å². The second-order valence-electron chi connectivity index (χ2n) is 5.76. The van der Waals surface area contributed by atoms with Crippen LogP contribution in [0.2, 0.25) is 0 Å². The zero-order chi connectivity index (χ0) is 17.9. The number of aromatic nitrogens is 2. The molecule has 0 bridgehead atoms. The highest BCUT2D eigenvalue weighted by atomic mass is 16.5. The molecule has 128 valence electrons. The van der Waals surface area contributed by atoms with Gasteiger partial charge in [-0.15, -0.1) is 5.98 Å². The molecule has 0 spiro atoms. The van der Waals surface area contributed by atoms with Crippen molar-refractivity contribution in [2.45, 2.75) is 20.3 Å². The van der Waals surface area contributed by atoms with Gasteiger partial charge < -0.3 is 9.72 Å². The molecular weight excluding hydrogens is 307 g/mol. The van der Waals surface area contributed by atoms with Crippen LogP contribution < -0.4 is 10.2 Å². The second-order valence-corrected chi connectivity index (χ2v) is 5.76. The Kier molecular flexibility index (Phi) is 7.58. The minimum Gasteiger partial charge on any atom is -0.497 e. The lowest BCUT2D eigenvalue weighted by molar-refractivity contribution is 0.415. The molecule has 3 rings (SSSR count). The Morgan fingerprint density at radius 3 is 2.68 bits per heavy atom. The first-order valence-corrected chi connectivity index (χ1v) is 8.55. The van der Waals surface area contributed by atoms with Gasteiger partial charge >= 0.3 is 0 Å². The number of rotatable bonds is 5. The number of nitrogens with zero attached hydrogens (tertiary/aromatic N) is 1. The lowest BCUT2D eigenvalue weighted by Crippen LogP contribution is -2.15. The Morgan fingerprint density at radius 2 is 2.04 bits per heavy atom. The zero-order valence-corrected chi connectivity index (χ0v) is 15.2. The van der Waals surface area contributed by atoms with Crippen LogP contribution in [0.25, 0.3) is 11.1 Å². The molecule has 1 heterocycles. The first-order valence-electron chi connectivity index (χ1n) is 8.55. The summed E-state index contributed by atoms with van der Waals surface area (Å²) in [5.74, 6) is 3.22. The molecule has 0 aliphatic heterocycles. The molecule has 0 aliphatic carbocycles. The largest absolute Gasteiger partial charge is 0.497 e. The maximum Gasteiger partial charge on any atom is 0.183 e. The number of imidazole rings is 1. The van der Waals surface area contributed by atoms with Gasteiger partial charge in [-0.25, -0.2) is 4.98 Å². The fraction of sp³-hybridized carbons (Fsp3) is 0.190. The van der Waals surface area contributed by atoms with E-state index in [2.05, 4.69) is 66.2 Å². The van der Waals surface area contributed by atoms with E-state index in [1.807, 2.05) is 12.1 Å². The first kappa shape index (κ1) is 18.6. The van der Waals surface area contributed by atoms with E-state index in [9.17, 15) is 0 Å². The third-order valence-corrected chi connectivity index (χ3v) is 4.03. The third-order valence-electron chi connectivity index (χ3n) is 4.03. The van der Waals surface area contributed by atoms with Gasteiger partial charge in [-0.05, 0) is 36.6 Å². The number of aromatic amines is 1. The van der Waals surface area contributed by atoms with Crippen molar-refractivity contribution in [3.63, 3.8) is 0 Å². The summed E-state index contributed by atoms with van der Waals surface area (Å²) in [6.07, 6.45) is 6.20. The molecule has 3 aromatic rings. The first-order chi connectivity index (χ1) is 12.2. The Hall–Kier alpha value is -2.75. The van der Waals surface area contributed by atoms with Crippen LogP contribution in [-0.4, -0.2) is 24.4 Å². The third kappa shape index (κ3) is 6.00. The van der Waals surface area contributed by atoms with Gasteiger partial charge in [-0.3, -0.25) is 0 Å². The molecule has 2 aromatic carbocycles. The molecule has 0 fully saturated rings. The van der Waals surface area contributed by atoms with Gasteiger partial charge in [0.1, 0.15) is 5.75 Å². The van der Waals surface area contributed by atoms with Crippen molar-refractivity contribution in [1.29, 1.82) is 0 Å². The number of H-pyrrole nitrogens is 1. The van der Waals surface area contributed by atoms with Crippen LogP contribution in [0.5, 0.6) is 5.75 Å². The Morgan fingerprint density at radius 1 is 1.20 bits per heavy atom. The van der Waals surface area contributed by atoms with Crippen LogP contribution in [0.3, 0.4) is 0 Å². The Bertz CT molecular complexity index is 765. The van der Waals surface area contributed by atoms with Gasteiger partial charge in [0.15, 0.2) is 7.28 Å². The highest BCUT2D eigenvalue weighted by molar-refractivity contribution is 6.60. The molecule has 0 unspecified atom stereocenters. The summed E-state index contributed by atoms with van der Waals surface area (Å²) in [6, 6.07) is 16.8. The minimum atomic E-state index is 0.901. The van der Waals surface area contributed by atoms with E-state index in [0.29, 0.717) is 0 Å². The molecule has 0 saturated carbocycles. The van der Waals surface area contributed by atoms with Crippen LogP contribution in [0.4, 0.5) is 0 Å². The van der Waals surface area contributed by atoms with Gasteiger partial charge in [0.2, 0.25) is 0 Å². The summed E-state index contributed by atoms with van der Waals surface area (Å²) in [5.41, 5.74) is 5.29. The molecular formula is C21H25BN2O. The number of benzene rings is 2. The van der Waals surface area contributed by atoms with Crippen LogP contribution in [0.1, 0.15) is 20.3 Å². The summed E-state index contributed by atoms with van der Waals surface area (Å²) in [5, 5.41) is 0. The fourth-order valence-electron chi connectivity index (χ4n) is 2.41. The predicted octanol–water partition coefficient (Wildman–Crippen LogP) is 4.15. The fourth-order valence-corrected chi connectivity index (χ4v) is 2.41. The molecule has 0 radical (unpaired) electrons. The summed E-state index contributed by atoms with van der Waals surface area (Å²) < 4.78 is 5.32. The van der Waals surface area contributed by atoms with Crippen molar-refractivity contribution in [2.24, 2.45) is 0 Å². The molecule has 0 amide bonds. The van der Waals surface area contributed by atoms with Crippen molar-refractivity contribution in [3.05, 3.63) is 78.8 Å². The standard InChI is InChI=1S/C18H21BO.C3H4N2/c1-4-14(2)13-19-18-11-6-5-10-17(18)15-8-7-9-16(12-15)20-3;1-2-5-3-4-1/h5-13,19H,4H2,1-3H3;1-3H,(H,4,5). The lowest BCUT2D eigenvalue weighted by atomic mass is 9.66. The molecule has 1 N–H and O–H groups in total. The van der Waals surface area contributed by atoms with Gasteiger partial charge in [0, 0.05) is 12.4 Å². The molecule has 4 heteroatoms. The van der Waals surface area contributed by atoms with Crippen molar-refractivity contribution in [2.75, 3.05) is 7.11 Å². The second kappa shape index (κ2) is 10.2. The highest BCUT2D eigenvalue weighted by Crippen LogP contribution is 2.22. The molecule has 3 nitrogen and oxygen atoms in total. The maximum absolute atomic E-state index is 5.32. The van der Waals surface area contributed by atoms with E-state index in [4.69, 9.17) is 4.74 Å². The van der Waals surface area contributed by atoms with Crippen molar-refractivity contribution >= 4 is 12.7 Å². The monoisotopic (exact) mass is 332 g/mol. The molecule has 0 aliphatic rings. The quantitative estimate of drug-likeness (QED) is 0.713. The average molecular weight is 332 g/mol. The number of allylic oxidation sites excluding steroid dienone is 1. The number of methoxy groups -OCH3 is 1. The van der Waals surface area contributed by atoms with E-state index >= 15 is 0 Å². The summed E-state index contributed by atoms with van der Waals surface area (Å²) in [4.78, 5) is 6.42. The van der Waals surface area contributed by atoms with Crippen LogP contribution in [0.15, 0.2) is 78.8 Å². The summed E-state index contributed by atoms with van der Waals surface area (Å²) >= 11 is 0. The van der Waals surface area contributed by atoms with Crippen LogP contribution in [-0.2, 0) is 0 Å². The Labute approximate surface area is 151 Å². The van der Waals surface area contributed by atoms with Crippen molar-refractivity contribution < 1.29 is 4.74 Å².